The van der Waals surface area contributed by atoms with Crippen LogP contribution in [-0.2, 0) is 0 Å². The van der Waals surface area contributed by atoms with Gasteiger partial charge in [-0.1, -0.05) is 17.7 Å². The Morgan fingerprint density at radius 1 is 1.36 bits per heavy atom. The van der Waals surface area contributed by atoms with Crippen LogP contribution >= 0.6 is 22.9 Å². The number of aromatic hydroxyl groups is 1. The molecule has 4 nitrogen and oxygen atoms in total. The summed E-state index contributed by atoms with van der Waals surface area (Å²) in [5.74, 6) is 0.414. The van der Waals surface area contributed by atoms with Gasteiger partial charge in [0.2, 0.25) is 0 Å². The normalized spacial score (nSPS) is 17.4. The van der Waals surface area contributed by atoms with Crippen molar-refractivity contribution in [2.24, 2.45) is 0 Å². The molecule has 2 aromatic rings. The first-order chi connectivity index (χ1) is 10.7. The third kappa shape index (κ3) is 3.08. The zero-order chi connectivity index (χ0) is 15.5. The van der Waals surface area contributed by atoms with Crippen LogP contribution in [0.4, 0.5) is 0 Å². The molecular weight excluding hydrogens is 320 g/mol. The first-order valence-electron chi connectivity index (χ1n) is 7.25. The van der Waals surface area contributed by atoms with Crippen LogP contribution in [0.3, 0.4) is 0 Å². The summed E-state index contributed by atoms with van der Waals surface area (Å²) in [6.45, 7) is 3.91. The number of nitrogens with zero attached hydrogens (tertiary/aromatic N) is 1. The molecule has 1 aromatic carbocycles. The van der Waals surface area contributed by atoms with Crippen LogP contribution < -0.4 is 10.1 Å². The van der Waals surface area contributed by atoms with Crippen molar-refractivity contribution in [3.05, 3.63) is 45.1 Å². The van der Waals surface area contributed by atoms with Crippen molar-refractivity contribution in [1.29, 1.82) is 0 Å². The number of ether oxygens (including phenoxy) is 1. The van der Waals surface area contributed by atoms with E-state index < -0.39 is 0 Å². The SMILES string of the molecule is COc1cc([C@H](c2cccs2)N2CCNCC2)cc(Cl)c1O. The monoisotopic (exact) mass is 338 g/mol. The highest BCUT2D eigenvalue weighted by Gasteiger charge is 2.26. The van der Waals surface area contributed by atoms with Gasteiger partial charge >= 0.3 is 0 Å². The van der Waals surface area contributed by atoms with Crippen molar-refractivity contribution in [3.63, 3.8) is 0 Å². The zero-order valence-corrected chi connectivity index (χ0v) is 14.0. The fourth-order valence-corrected chi connectivity index (χ4v) is 3.95. The van der Waals surface area contributed by atoms with E-state index in [4.69, 9.17) is 16.3 Å². The van der Waals surface area contributed by atoms with E-state index in [9.17, 15) is 5.11 Å². The lowest BCUT2D eigenvalue weighted by atomic mass is 10.0. The second-order valence-electron chi connectivity index (χ2n) is 5.26. The maximum Gasteiger partial charge on any atom is 0.176 e. The van der Waals surface area contributed by atoms with Crippen molar-refractivity contribution >= 4 is 22.9 Å². The van der Waals surface area contributed by atoms with Crippen LogP contribution in [0.2, 0.25) is 5.02 Å². The fourth-order valence-electron chi connectivity index (χ4n) is 2.85. The second kappa shape index (κ2) is 6.87. The summed E-state index contributed by atoms with van der Waals surface area (Å²) in [6.07, 6.45) is 0. The standard InChI is InChI=1S/C16H19ClN2O2S/c1-21-13-10-11(9-12(17)16(13)20)15(14-3-2-8-22-14)19-6-4-18-5-7-19/h2-3,8-10,15,18,20H,4-7H2,1H3/t15-/m1/s1. The summed E-state index contributed by atoms with van der Waals surface area (Å²) in [7, 11) is 1.54. The minimum atomic E-state index is -0.00171. The molecule has 0 unspecified atom stereocenters. The number of rotatable bonds is 4. The molecule has 0 amide bonds. The Bertz CT molecular complexity index is 627. The maximum absolute atomic E-state index is 9.97. The highest BCUT2D eigenvalue weighted by atomic mass is 35.5. The van der Waals surface area contributed by atoms with Gasteiger partial charge in [-0.05, 0) is 29.1 Å². The van der Waals surface area contributed by atoms with Crippen LogP contribution in [0.1, 0.15) is 16.5 Å². The third-order valence-corrected chi connectivity index (χ3v) is 5.13. The molecule has 1 atom stereocenters. The lowest BCUT2D eigenvalue weighted by molar-refractivity contribution is 0.200. The summed E-state index contributed by atoms with van der Waals surface area (Å²) in [4.78, 5) is 3.70. The molecule has 22 heavy (non-hydrogen) atoms. The molecule has 2 heterocycles. The molecule has 2 N–H and O–H groups in total. The van der Waals surface area contributed by atoms with Gasteiger partial charge < -0.3 is 15.2 Å². The molecule has 1 aliphatic rings. The first kappa shape index (κ1) is 15.6. The number of thiophene rings is 1. The van der Waals surface area contributed by atoms with Crippen LogP contribution in [0.5, 0.6) is 11.5 Å². The summed E-state index contributed by atoms with van der Waals surface area (Å²) in [6, 6.07) is 8.06. The van der Waals surface area contributed by atoms with Crippen molar-refractivity contribution < 1.29 is 9.84 Å². The Kier molecular flexibility index (Phi) is 4.88. The molecule has 6 heteroatoms. The van der Waals surface area contributed by atoms with Gasteiger partial charge in [0.05, 0.1) is 18.2 Å². The molecule has 0 spiro atoms. The van der Waals surface area contributed by atoms with Gasteiger partial charge in [0, 0.05) is 31.1 Å². The van der Waals surface area contributed by atoms with Gasteiger partial charge in [-0.15, -0.1) is 11.3 Å². The van der Waals surface area contributed by atoms with Gasteiger partial charge in [0.25, 0.3) is 0 Å². The van der Waals surface area contributed by atoms with Gasteiger partial charge in [0.15, 0.2) is 11.5 Å². The topological polar surface area (TPSA) is 44.7 Å². The number of phenols is 1. The molecule has 118 valence electrons. The van der Waals surface area contributed by atoms with Crippen molar-refractivity contribution in [1.82, 2.24) is 10.2 Å². The lowest BCUT2D eigenvalue weighted by Gasteiger charge is -2.35. The van der Waals surface area contributed by atoms with Crippen molar-refractivity contribution in [2.75, 3.05) is 33.3 Å². The minimum absolute atomic E-state index is 0.00171. The Morgan fingerprint density at radius 2 is 2.14 bits per heavy atom. The van der Waals surface area contributed by atoms with Gasteiger partial charge in [-0.25, -0.2) is 0 Å². The fraction of sp³-hybridized carbons (Fsp3) is 0.375. The number of hydrogen-bond donors (Lipinski definition) is 2. The number of phenolic OH excluding ortho intramolecular Hbond substituents is 1. The summed E-state index contributed by atoms with van der Waals surface area (Å²) >= 11 is 7.92. The van der Waals surface area contributed by atoms with E-state index in [0.29, 0.717) is 10.8 Å². The van der Waals surface area contributed by atoms with E-state index in [2.05, 4.69) is 27.7 Å². The Morgan fingerprint density at radius 3 is 2.77 bits per heavy atom. The number of benzene rings is 1. The van der Waals surface area contributed by atoms with Crippen LogP contribution in [0.15, 0.2) is 29.6 Å². The van der Waals surface area contributed by atoms with Crippen LogP contribution in [0.25, 0.3) is 0 Å². The van der Waals surface area contributed by atoms with Gasteiger partial charge in [-0.2, -0.15) is 0 Å². The summed E-state index contributed by atoms with van der Waals surface area (Å²) < 4.78 is 5.26. The minimum Gasteiger partial charge on any atom is -0.503 e. The van der Waals surface area contributed by atoms with E-state index in [1.165, 1.54) is 4.88 Å². The van der Waals surface area contributed by atoms with Crippen LogP contribution in [0, 0.1) is 0 Å². The Balaban J connectivity index is 2.04. The molecule has 1 aromatic heterocycles. The van der Waals surface area contributed by atoms with E-state index in [1.807, 2.05) is 12.1 Å². The smallest absolute Gasteiger partial charge is 0.176 e. The van der Waals surface area contributed by atoms with E-state index in [1.54, 1.807) is 18.4 Å². The van der Waals surface area contributed by atoms with Crippen molar-refractivity contribution in [3.8, 4) is 11.5 Å². The molecule has 0 bridgehead atoms. The Labute approximate surface area is 139 Å². The van der Waals surface area contributed by atoms with E-state index >= 15 is 0 Å². The largest absolute Gasteiger partial charge is 0.503 e. The van der Waals surface area contributed by atoms with Crippen molar-refractivity contribution in [2.45, 2.75) is 6.04 Å². The molecule has 1 aliphatic heterocycles. The van der Waals surface area contributed by atoms with E-state index in [0.717, 1.165) is 31.7 Å². The average Bonchev–Trinajstić information content (AvgIpc) is 3.06. The van der Waals surface area contributed by atoms with E-state index in [-0.39, 0.29) is 11.8 Å². The Hall–Kier alpha value is -1.27. The zero-order valence-electron chi connectivity index (χ0n) is 12.4. The average molecular weight is 339 g/mol. The summed E-state index contributed by atoms with van der Waals surface area (Å²) in [5.41, 5.74) is 1.05. The quantitative estimate of drug-likeness (QED) is 0.899. The highest BCUT2D eigenvalue weighted by Crippen LogP contribution is 2.40. The predicted octanol–water partition coefficient (Wildman–Crippen LogP) is 3.11. The predicted molar refractivity (Wildman–Crippen MR) is 90.3 cm³/mol. The lowest BCUT2D eigenvalue weighted by Crippen LogP contribution is -2.45. The molecule has 1 saturated heterocycles. The molecule has 0 saturated carbocycles. The van der Waals surface area contributed by atoms with Crippen LogP contribution in [-0.4, -0.2) is 43.3 Å². The number of methoxy groups -OCH3 is 1. The molecule has 3 rings (SSSR count). The molecule has 1 fully saturated rings. The first-order valence-corrected chi connectivity index (χ1v) is 8.51. The number of piperazine rings is 1. The molecule has 0 radical (unpaired) electrons. The second-order valence-corrected chi connectivity index (χ2v) is 6.64. The maximum atomic E-state index is 9.97. The highest BCUT2D eigenvalue weighted by molar-refractivity contribution is 7.10. The van der Waals surface area contributed by atoms with Gasteiger partial charge in [-0.3, -0.25) is 4.90 Å². The molecular formula is C16H19ClN2O2S. The number of halogens is 1. The van der Waals surface area contributed by atoms with Gasteiger partial charge in [0.1, 0.15) is 0 Å². The molecule has 0 aliphatic carbocycles. The summed E-state index contributed by atoms with van der Waals surface area (Å²) in [5, 5.41) is 15.8. The number of nitrogens with one attached hydrogen (secondary N) is 1. The number of hydrogen-bond acceptors (Lipinski definition) is 5. The third-order valence-electron chi connectivity index (χ3n) is 3.92.